The van der Waals surface area contributed by atoms with E-state index in [1.807, 2.05) is 0 Å². The fourth-order valence-corrected chi connectivity index (χ4v) is 3.38. The summed E-state index contributed by atoms with van der Waals surface area (Å²) in [4.78, 5) is 7.20. The molecule has 0 fully saturated rings. The molecule has 26 heavy (non-hydrogen) atoms. The van der Waals surface area contributed by atoms with Crippen LogP contribution in [0.15, 0.2) is 59.1 Å². The second kappa shape index (κ2) is 8.05. The van der Waals surface area contributed by atoms with E-state index in [0.717, 1.165) is 29.1 Å². The van der Waals surface area contributed by atoms with Gasteiger partial charge in [-0.1, -0.05) is 75.6 Å². The molecule has 3 rings (SSSR count). The first-order valence-electron chi connectivity index (χ1n) is 8.92. The van der Waals surface area contributed by atoms with Crippen LogP contribution in [0, 0.1) is 27.7 Å². The van der Waals surface area contributed by atoms with Crippen molar-refractivity contribution in [2.45, 2.75) is 40.8 Å². The summed E-state index contributed by atoms with van der Waals surface area (Å²) in [5.74, 6) is 1.00. The monoisotopic (exact) mass is 408 g/mol. The van der Waals surface area contributed by atoms with Crippen LogP contribution >= 0.6 is 15.9 Å². The first-order valence-corrected chi connectivity index (χ1v) is 9.71. The van der Waals surface area contributed by atoms with Crippen molar-refractivity contribution in [2.24, 2.45) is 0 Å². The fourth-order valence-electron chi connectivity index (χ4n) is 2.89. The fraction of sp³-hybridized carbons (Fsp3) is 0.261. The summed E-state index contributed by atoms with van der Waals surface area (Å²) in [5.41, 5.74) is 7.40. The van der Waals surface area contributed by atoms with Crippen LogP contribution in [0.1, 0.15) is 33.5 Å². The molecule has 0 aliphatic heterocycles. The summed E-state index contributed by atoms with van der Waals surface area (Å²) in [7, 11) is 0. The van der Waals surface area contributed by atoms with Crippen molar-refractivity contribution in [3.63, 3.8) is 0 Å². The van der Waals surface area contributed by atoms with Crippen molar-refractivity contribution in [2.75, 3.05) is 4.90 Å². The molecule has 0 atom stereocenters. The molecule has 3 heteroatoms. The van der Waals surface area contributed by atoms with Crippen molar-refractivity contribution in [1.82, 2.24) is 4.98 Å². The molecule has 0 amide bonds. The molecule has 3 aromatic rings. The van der Waals surface area contributed by atoms with Crippen molar-refractivity contribution in [1.29, 1.82) is 0 Å². The van der Waals surface area contributed by atoms with Gasteiger partial charge in [-0.3, -0.25) is 0 Å². The zero-order chi connectivity index (χ0) is 18.7. The molecule has 0 bridgehead atoms. The minimum absolute atomic E-state index is 0.829. The van der Waals surface area contributed by atoms with Gasteiger partial charge in [-0.15, -0.1) is 0 Å². The number of anilines is 1. The van der Waals surface area contributed by atoms with Crippen molar-refractivity contribution >= 4 is 21.7 Å². The summed E-state index contributed by atoms with van der Waals surface area (Å²) in [5, 5.41) is 0. The van der Waals surface area contributed by atoms with Gasteiger partial charge < -0.3 is 4.90 Å². The maximum atomic E-state index is 4.86. The summed E-state index contributed by atoms with van der Waals surface area (Å²) in [6, 6.07) is 19.6. The average molecular weight is 409 g/mol. The smallest absolute Gasteiger partial charge is 0.130 e. The van der Waals surface area contributed by atoms with Crippen molar-refractivity contribution in [3.05, 3.63) is 92.6 Å². The summed E-state index contributed by atoms with van der Waals surface area (Å²) < 4.78 is 1.11. The van der Waals surface area contributed by atoms with Crippen LogP contribution in [0.3, 0.4) is 0 Å². The van der Waals surface area contributed by atoms with E-state index in [2.05, 4.69) is 103 Å². The first kappa shape index (κ1) is 18.7. The van der Waals surface area contributed by atoms with Crippen LogP contribution in [0.25, 0.3) is 0 Å². The van der Waals surface area contributed by atoms with E-state index >= 15 is 0 Å². The number of halogens is 1. The topological polar surface area (TPSA) is 16.1 Å². The lowest BCUT2D eigenvalue weighted by atomic mass is 10.1. The summed E-state index contributed by atoms with van der Waals surface area (Å²) >= 11 is 3.69. The number of aromatic nitrogens is 1. The molecule has 0 unspecified atom stereocenters. The SMILES string of the molecule is Cc1ccc(CN(Cc2ccc(C)cc2)c2cc(Br)c(C)c(C)n2)cc1. The quantitative estimate of drug-likeness (QED) is 0.493. The van der Waals surface area contributed by atoms with Crippen molar-refractivity contribution in [3.8, 4) is 0 Å². The lowest BCUT2D eigenvalue weighted by Crippen LogP contribution is -2.23. The number of pyridine rings is 1. The minimum Gasteiger partial charge on any atom is -0.348 e. The van der Waals surface area contributed by atoms with Crippen LogP contribution in [-0.2, 0) is 13.1 Å². The number of rotatable bonds is 5. The molecule has 134 valence electrons. The predicted molar refractivity (Wildman–Crippen MR) is 114 cm³/mol. The molecular formula is C23H25BrN2. The van der Waals surface area contributed by atoms with E-state index in [4.69, 9.17) is 4.98 Å². The standard InChI is InChI=1S/C23H25BrN2/c1-16-5-9-20(10-6-16)14-26(15-21-11-7-17(2)8-12-21)23-13-22(24)18(3)19(4)25-23/h5-13H,14-15H2,1-4H3. The van der Waals surface area contributed by atoms with Crippen LogP contribution in [0.4, 0.5) is 5.82 Å². The third-order valence-corrected chi connectivity index (χ3v) is 5.57. The Morgan fingerprint density at radius 1 is 0.769 bits per heavy atom. The highest BCUT2D eigenvalue weighted by Crippen LogP contribution is 2.26. The maximum Gasteiger partial charge on any atom is 0.130 e. The summed E-state index contributed by atoms with van der Waals surface area (Å²) in [6.45, 7) is 10.1. The number of hydrogen-bond donors (Lipinski definition) is 0. The molecule has 0 saturated heterocycles. The molecule has 2 nitrogen and oxygen atoms in total. The van der Waals surface area contributed by atoms with Gasteiger partial charge in [-0.25, -0.2) is 4.98 Å². The molecule has 0 aliphatic rings. The Bertz CT molecular complexity index is 813. The number of benzene rings is 2. The molecule has 0 spiro atoms. The second-order valence-electron chi connectivity index (χ2n) is 7.00. The Morgan fingerprint density at radius 2 is 1.23 bits per heavy atom. The Labute approximate surface area is 165 Å². The third-order valence-electron chi connectivity index (χ3n) is 4.75. The number of hydrogen-bond acceptors (Lipinski definition) is 2. The highest BCUT2D eigenvalue weighted by molar-refractivity contribution is 9.10. The van der Waals surface area contributed by atoms with Gasteiger partial charge in [0.2, 0.25) is 0 Å². The van der Waals surface area contributed by atoms with Gasteiger partial charge in [0.05, 0.1) is 0 Å². The van der Waals surface area contributed by atoms with E-state index < -0.39 is 0 Å². The second-order valence-corrected chi connectivity index (χ2v) is 7.85. The van der Waals surface area contributed by atoms with E-state index in [1.54, 1.807) is 0 Å². The average Bonchev–Trinajstić information content (AvgIpc) is 2.62. The first-order chi connectivity index (χ1) is 12.4. The Balaban J connectivity index is 1.94. The predicted octanol–water partition coefficient (Wildman–Crippen LogP) is 6.28. The van der Waals surface area contributed by atoms with E-state index in [0.29, 0.717) is 0 Å². The zero-order valence-electron chi connectivity index (χ0n) is 15.9. The molecule has 0 radical (unpaired) electrons. The van der Waals surface area contributed by atoms with Crippen LogP contribution in [0.5, 0.6) is 0 Å². The highest BCUT2D eigenvalue weighted by Gasteiger charge is 2.13. The highest BCUT2D eigenvalue weighted by atomic mass is 79.9. The Kier molecular flexibility index (Phi) is 5.77. The van der Waals surface area contributed by atoms with Gasteiger partial charge in [-0.2, -0.15) is 0 Å². The molecular weight excluding hydrogens is 384 g/mol. The third kappa shape index (κ3) is 4.53. The molecule has 1 aromatic heterocycles. The van der Waals surface area contributed by atoms with Gasteiger partial charge in [-0.05, 0) is 50.5 Å². The number of nitrogens with zero attached hydrogens (tertiary/aromatic N) is 2. The van der Waals surface area contributed by atoms with Crippen molar-refractivity contribution < 1.29 is 0 Å². The van der Waals surface area contributed by atoms with Crippen LogP contribution in [-0.4, -0.2) is 4.98 Å². The molecule has 0 saturated carbocycles. The Hall–Kier alpha value is -2.13. The van der Waals surface area contributed by atoms with E-state index in [1.165, 1.54) is 27.8 Å². The van der Waals surface area contributed by atoms with Crippen LogP contribution < -0.4 is 4.90 Å². The van der Waals surface area contributed by atoms with Gasteiger partial charge in [0.15, 0.2) is 0 Å². The molecule has 1 heterocycles. The molecule has 0 N–H and O–H groups in total. The normalized spacial score (nSPS) is 10.8. The molecule has 0 aliphatic carbocycles. The largest absolute Gasteiger partial charge is 0.348 e. The zero-order valence-corrected chi connectivity index (χ0v) is 17.5. The van der Waals surface area contributed by atoms with Gasteiger partial charge in [0, 0.05) is 23.3 Å². The Morgan fingerprint density at radius 3 is 1.65 bits per heavy atom. The lowest BCUT2D eigenvalue weighted by Gasteiger charge is -2.25. The van der Waals surface area contributed by atoms with Gasteiger partial charge in [0.25, 0.3) is 0 Å². The van der Waals surface area contributed by atoms with E-state index in [9.17, 15) is 0 Å². The minimum atomic E-state index is 0.829. The maximum absolute atomic E-state index is 4.86. The van der Waals surface area contributed by atoms with E-state index in [-0.39, 0.29) is 0 Å². The summed E-state index contributed by atoms with van der Waals surface area (Å²) in [6.07, 6.45) is 0. The van der Waals surface area contributed by atoms with Gasteiger partial charge in [0.1, 0.15) is 5.82 Å². The van der Waals surface area contributed by atoms with Gasteiger partial charge >= 0.3 is 0 Å². The molecule has 2 aromatic carbocycles. The number of aryl methyl sites for hydroxylation is 3. The lowest BCUT2D eigenvalue weighted by molar-refractivity contribution is 0.779. The van der Waals surface area contributed by atoms with Crippen LogP contribution in [0.2, 0.25) is 0 Å².